The Balaban J connectivity index is 0.000000244. The molecule has 50 heavy (non-hydrogen) atoms. The van der Waals surface area contributed by atoms with E-state index in [1.54, 1.807) is 29.8 Å². The van der Waals surface area contributed by atoms with Crippen LogP contribution < -0.4 is 10.1 Å². The highest BCUT2D eigenvalue weighted by molar-refractivity contribution is 7.19. The molecule has 0 atom stereocenters. The Hall–Kier alpha value is -3.58. The van der Waals surface area contributed by atoms with Gasteiger partial charge < -0.3 is 19.5 Å². The van der Waals surface area contributed by atoms with Crippen LogP contribution in [0.3, 0.4) is 0 Å². The third kappa shape index (κ3) is 10.2. The molecule has 0 spiro atoms. The van der Waals surface area contributed by atoms with Crippen LogP contribution in [0.15, 0.2) is 18.2 Å². The fraction of sp³-hybridized carbons (Fsp3) is 0.444. The lowest BCUT2D eigenvalue weighted by Gasteiger charge is -2.11. The SMILES string of the molecule is COC(=O)CCCCc1nc(Cl)c2c(C)c(C)sc2n1.COC(=O)CCCCc1nc(NCc2ccc(OC)c(Cl)c2)c2c(C)c(C)sc2n1. The summed E-state index contributed by atoms with van der Waals surface area (Å²) >= 11 is 15.8. The minimum absolute atomic E-state index is 0.177. The van der Waals surface area contributed by atoms with E-state index < -0.39 is 0 Å². The molecule has 0 saturated heterocycles. The summed E-state index contributed by atoms with van der Waals surface area (Å²) in [4.78, 5) is 45.2. The van der Waals surface area contributed by atoms with E-state index in [1.165, 1.54) is 29.5 Å². The molecule has 0 fully saturated rings. The summed E-state index contributed by atoms with van der Waals surface area (Å²) in [5.41, 5.74) is 3.39. The van der Waals surface area contributed by atoms with E-state index >= 15 is 0 Å². The third-order valence-corrected chi connectivity index (χ3v) is 11.1. The van der Waals surface area contributed by atoms with Crippen molar-refractivity contribution in [2.24, 2.45) is 0 Å². The molecule has 10 nitrogen and oxygen atoms in total. The fourth-order valence-corrected chi connectivity index (χ4v) is 7.96. The lowest BCUT2D eigenvalue weighted by molar-refractivity contribution is -0.141. The van der Waals surface area contributed by atoms with E-state index in [0.29, 0.717) is 41.7 Å². The Morgan fingerprint density at radius 3 is 1.82 bits per heavy atom. The van der Waals surface area contributed by atoms with Gasteiger partial charge in [-0.05, 0) is 82.2 Å². The average Bonchev–Trinajstić information content (AvgIpc) is 3.56. The van der Waals surface area contributed by atoms with E-state index in [2.05, 4.69) is 40.8 Å². The van der Waals surface area contributed by atoms with Crippen LogP contribution in [0.1, 0.15) is 76.6 Å². The predicted octanol–water partition coefficient (Wildman–Crippen LogP) is 9.32. The number of carbonyl (C=O) groups is 2. The standard InChI is InChI=1S/C22H26ClN3O3S.C14H17ClN2O2S/c1-13-14(2)30-22-20(13)21(24-12-15-9-10-17(28-3)16(23)11-15)25-18(26-22)7-5-6-8-19(27)29-4;1-8-9(2)20-14-12(8)13(15)16-10(17-14)6-4-5-7-11(18)19-3/h9-11H,5-8,12H2,1-4H3,(H,24,25,26);4-7H2,1-3H3. The average molecular weight is 761 g/mol. The maximum Gasteiger partial charge on any atom is 0.305 e. The van der Waals surface area contributed by atoms with E-state index in [9.17, 15) is 9.59 Å². The fourth-order valence-electron chi connectivity index (χ4n) is 5.20. The number of benzene rings is 1. The van der Waals surface area contributed by atoms with Crippen LogP contribution in [0.5, 0.6) is 5.75 Å². The molecule has 0 bridgehead atoms. The second kappa shape index (κ2) is 18.6. The zero-order valence-electron chi connectivity index (χ0n) is 29.5. The smallest absolute Gasteiger partial charge is 0.305 e. The van der Waals surface area contributed by atoms with Gasteiger partial charge in [-0.25, -0.2) is 19.9 Å². The number of hydrogen-bond acceptors (Lipinski definition) is 12. The van der Waals surface area contributed by atoms with Crippen LogP contribution in [0.2, 0.25) is 10.2 Å². The molecule has 5 aromatic rings. The molecule has 0 radical (unpaired) electrons. The number of ether oxygens (including phenoxy) is 3. The molecular formula is C36H43Cl2N5O5S2. The van der Waals surface area contributed by atoms with Crippen molar-refractivity contribution in [1.82, 2.24) is 19.9 Å². The second-order valence-electron chi connectivity index (χ2n) is 11.7. The van der Waals surface area contributed by atoms with Crippen LogP contribution in [-0.4, -0.2) is 53.2 Å². The molecule has 4 heterocycles. The van der Waals surface area contributed by atoms with Gasteiger partial charge in [0.05, 0.1) is 37.1 Å². The molecule has 0 unspecified atom stereocenters. The van der Waals surface area contributed by atoms with Crippen molar-refractivity contribution >= 4 is 84.1 Å². The zero-order chi connectivity index (χ0) is 36.4. The minimum Gasteiger partial charge on any atom is -0.495 e. The summed E-state index contributed by atoms with van der Waals surface area (Å²) in [6.07, 6.45) is 5.49. The number of nitrogens with zero attached hydrogens (tertiary/aromatic N) is 4. The molecule has 0 saturated carbocycles. The van der Waals surface area contributed by atoms with Gasteiger partial charge >= 0.3 is 11.9 Å². The lowest BCUT2D eigenvalue weighted by atomic mass is 10.1. The zero-order valence-corrected chi connectivity index (χ0v) is 32.6. The number of nitrogens with one attached hydrogen (secondary N) is 1. The van der Waals surface area contributed by atoms with Crippen LogP contribution in [0.4, 0.5) is 5.82 Å². The van der Waals surface area contributed by atoms with Crippen molar-refractivity contribution in [2.75, 3.05) is 26.6 Å². The van der Waals surface area contributed by atoms with Gasteiger partial charge in [0.15, 0.2) is 0 Å². The number of aromatic nitrogens is 4. The van der Waals surface area contributed by atoms with Gasteiger partial charge in [0.1, 0.15) is 38.0 Å². The molecule has 0 aliphatic carbocycles. The Morgan fingerprint density at radius 1 is 0.740 bits per heavy atom. The van der Waals surface area contributed by atoms with Crippen molar-refractivity contribution in [3.05, 3.63) is 66.5 Å². The van der Waals surface area contributed by atoms with Crippen molar-refractivity contribution < 1.29 is 23.8 Å². The predicted molar refractivity (Wildman–Crippen MR) is 203 cm³/mol. The Kier molecular flexibility index (Phi) is 14.6. The lowest BCUT2D eigenvalue weighted by Crippen LogP contribution is -2.06. The maximum atomic E-state index is 11.3. The summed E-state index contributed by atoms with van der Waals surface area (Å²) < 4.78 is 14.5. The number of anilines is 1. The molecule has 4 aromatic heterocycles. The van der Waals surface area contributed by atoms with Crippen LogP contribution >= 0.6 is 45.9 Å². The first kappa shape index (κ1) is 39.2. The number of rotatable bonds is 14. The summed E-state index contributed by atoms with van der Waals surface area (Å²) in [5, 5.41) is 6.60. The number of carbonyl (C=O) groups excluding carboxylic acids is 2. The van der Waals surface area contributed by atoms with Crippen LogP contribution in [0, 0.1) is 27.7 Å². The van der Waals surface area contributed by atoms with Crippen molar-refractivity contribution in [1.29, 1.82) is 0 Å². The first-order valence-electron chi connectivity index (χ1n) is 16.3. The highest BCUT2D eigenvalue weighted by Gasteiger charge is 2.16. The number of hydrogen-bond donors (Lipinski definition) is 1. The normalized spacial score (nSPS) is 11.0. The van der Waals surface area contributed by atoms with Crippen LogP contribution in [-0.2, 0) is 38.4 Å². The molecule has 1 aromatic carbocycles. The number of unbranched alkanes of at least 4 members (excludes halogenated alkanes) is 2. The summed E-state index contributed by atoms with van der Waals surface area (Å²) in [7, 11) is 4.42. The van der Waals surface area contributed by atoms with Crippen molar-refractivity contribution in [3.63, 3.8) is 0 Å². The summed E-state index contributed by atoms with van der Waals surface area (Å²) in [6.45, 7) is 8.90. The van der Waals surface area contributed by atoms with E-state index in [-0.39, 0.29) is 11.9 Å². The number of methoxy groups -OCH3 is 3. The number of aryl methyl sites for hydroxylation is 6. The largest absolute Gasteiger partial charge is 0.495 e. The van der Waals surface area contributed by atoms with Gasteiger partial charge in [0.2, 0.25) is 0 Å². The molecule has 0 amide bonds. The number of thiophene rings is 2. The van der Waals surface area contributed by atoms with Gasteiger partial charge in [-0.2, -0.15) is 0 Å². The monoisotopic (exact) mass is 759 g/mol. The number of fused-ring (bicyclic) bond motifs is 2. The molecule has 14 heteroatoms. The summed E-state index contributed by atoms with van der Waals surface area (Å²) in [6, 6.07) is 5.74. The van der Waals surface area contributed by atoms with E-state index in [0.717, 1.165) is 81.1 Å². The second-order valence-corrected chi connectivity index (χ2v) is 14.9. The van der Waals surface area contributed by atoms with Gasteiger partial charge in [0, 0.05) is 42.0 Å². The molecule has 0 aliphatic rings. The third-order valence-electron chi connectivity index (χ3n) is 8.30. The topological polar surface area (TPSA) is 125 Å². The molecule has 268 valence electrons. The van der Waals surface area contributed by atoms with Crippen molar-refractivity contribution in [2.45, 2.75) is 85.6 Å². The number of halogens is 2. The first-order chi connectivity index (χ1) is 23.9. The van der Waals surface area contributed by atoms with Gasteiger partial charge in [-0.1, -0.05) is 29.3 Å². The molecule has 5 rings (SSSR count). The van der Waals surface area contributed by atoms with Crippen molar-refractivity contribution in [3.8, 4) is 5.75 Å². The highest BCUT2D eigenvalue weighted by Crippen LogP contribution is 2.35. The Morgan fingerprint density at radius 2 is 1.28 bits per heavy atom. The molecule has 1 N–H and O–H groups in total. The molecular weight excluding hydrogens is 717 g/mol. The molecule has 0 aliphatic heterocycles. The number of esters is 2. The summed E-state index contributed by atoms with van der Waals surface area (Å²) in [5.74, 6) is 2.65. The maximum absolute atomic E-state index is 11.3. The Bertz CT molecular complexity index is 1960. The van der Waals surface area contributed by atoms with Crippen LogP contribution in [0.25, 0.3) is 20.4 Å². The van der Waals surface area contributed by atoms with E-state index in [4.69, 9.17) is 42.6 Å². The van der Waals surface area contributed by atoms with E-state index in [1.807, 2.05) is 25.1 Å². The minimum atomic E-state index is -0.184. The van der Waals surface area contributed by atoms with Gasteiger partial charge in [-0.3, -0.25) is 9.59 Å². The van der Waals surface area contributed by atoms with Gasteiger partial charge in [-0.15, -0.1) is 22.7 Å². The van der Waals surface area contributed by atoms with Gasteiger partial charge in [0.25, 0.3) is 0 Å². The quantitative estimate of drug-likeness (QED) is 0.0665. The Labute approximate surface area is 310 Å². The highest BCUT2D eigenvalue weighted by atomic mass is 35.5. The first-order valence-corrected chi connectivity index (χ1v) is 18.7.